The minimum atomic E-state index is -0.947. The SMILES string of the molecule is C=CCN(CC)c1ccc(C(C)(C)C(=O)O)cc1Cl. The number of nitrogens with zero attached hydrogens (tertiary/aromatic N) is 1. The average Bonchev–Trinajstić information content (AvgIpc) is 2.36. The summed E-state index contributed by atoms with van der Waals surface area (Å²) in [6, 6.07) is 5.42. The van der Waals surface area contributed by atoms with Crippen LogP contribution in [-0.2, 0) is 10.2 Å². The topological polar surface area (TPSA) is 40.5 Å². The van der Waals surface area contributed by atoms with Gasteiger partial charge in [-0.3, -0.25) is 4.79 Å². The molecule has 0 fully saturated rings. The predicted octanol–water partition coefficient (Wildman–Crippen LogP) is 3.71. The summed E-state index contributed by atoms with van der Waals surface area (Å²) >= 11 is 6.28. The fourth-order valence-corrected chi connectivity index (χ4v) is 2.13. The molecule has 1 rings (SSSR count). The van der Waals surface area contributed by atoms with Crippen molar-refractivity contribution in [3.8, 4) is 0 Å². The number of benzene rings is 1. The van der Waals surface area contributed by atoms with Gasteiger partial charge in [-0.05, 0) is 38.5 Å². The van der Waals surface area contributed by atoms with Gasteiger partial charge < -0.3 is 10.0 Å². The third kappa shape index (κ3) is 3.29. The molecule has 1 aromatic rings. The Morgan fingerprint density at radius 1 is 1.53 bits per heavy atom. The van der Waals surface area contributed by atoms with E-state index in [0.29, 0.717) is 17.1 Å². The van der Waals surface area contributed by atoms with E-state index >= 15 is 0 Å². The van der Waals surface area contributed by atoms with Gasteiger partial charge in [-0.2, -0.15) is 0 Å². The van der Waals surface area contributed by atoms with Crippen molar-refractivity contribution in [1.82, 2.24) is 0 Å². The van der Waals surface area contributed by atoms with Crippen molar-refractivity contribution in [2.24, 2.45) is 0 Å². The van der Waals surface area contributed by atoms with Crippen molar-refractivity contribution >= 4 is 23.3 Å². The van der Waals surface area contributed by atoms with Gasteiger partial charge in [-0.25, -0.2) is 0 Å². The largest absolute Gasteiger partial charge is 0.481 e. The Morgan fingerprint density at radius 3 is 2.58 bits per heavy atom. The third-order valence-electron chi connectivity index (χ3n) is 3.28. The molecule has 0 aliphatic carbocycles. The van der Waals surface area contributed by atoms with Gasteiger partial charge in [0.2, 0.25) is 0 Å². The molecule has 0 aromatic heterocycles. The zero-order chi connectivity index (χ0) is 14.6. The van der Waals surface area contributed by atoms with Crippen LogP contribution in [0.2, 0.25) is 5.02 Å². The number of rotatable bonds is 6. The van der Waals surface area contributed by atoms with Crippen LogP contribution in [0, 0.1) is 0 Å². The highest BCUT2D eigenvalue weighted by atomic mass is 35.5. The molecule has 0 atom stereocenters. The Bertz CT molecular complexity index is 483. The van der Waals surface area contributed by atoms with Crippen LogP contribution in [0.3, 0.4) is 0 Å². The zero-order valence-corrected chi connectivity index (χ0v) is 12.4. The van der Waals surface area contributed by atoms with Gasteiger partial charge in [0.1, 0.15) is 0 Å². The summed E-state index contributed by atoms with van der Waals surface area (Å²) < 4.78 is 0. The molecule has 0 amide bonds. The molecule has 0 saturated heterocycles. The standard InChI is InChI=1S/C15H20ClNO2/c1-5-9-17(6-2)13-8-7-11(10-12(13)16)15(3,4)14(18)19/h5,7-8,10H,1,6,9H2,2-4H3,(H,18,19). The Hall–Kier alpha value is -1.48. The van der Waals surface area contributed by atoms with Gasteiger partial charge in [0.05, 0.1) is 16.1 Å². The van der Waals surface area contributed by atoms with Gasteiger partial charge >= 0.3 is 5.97 Å². The van der Waals surface area contributed by atoms with E-state index in [1.807, 2.05) is 25.1 Å². The second kappa shape index (κ2) is 6.11. The summed E-state index contributed by atoms with van der Waals surface area (Å²) in [5.41, 5.74) is 0.648. The molecule has 0 heterocycles. The first kappa shape index (κ1) is 15.6. The molecule has 0 aliphatic rings. The predicted molar refractivity (Wildman–Crippen MR) is 80.2 cm³/mol. The van der Waals surface area contributed by atoms with Crippen LogP contribution >= 0.6 is 11.6 Å². The van der Waals surface area contributed by atoms with E-state index in [4.69, 9.17) is 11.6 Å². The fourth-order valence-electron chi connectivity index (χ4n) is 1.83. The lowest BCUT2D eigenvalue weighted by molar-refractivity contribution is -0.142. The highest BCUT2D eigenvalue weighted by molar-refractivity contribution is 6.33. The Morgan fingerprint density at radius 2 is 2.16 bits per heavy atom. The Labute approximate surface area is 119 Å². The number of carbonyl (C=O) groups is 1. The van der Waals surface area contributed by atoms with Gasteiger partial charge in [0.25, 0.3) is 0 Å². The lowest BCUT2D eigenvalue weighted by atomic mass is 9.85. The summed E-state index contributed by atoms with van der Waals surface area (Å²) in [4.78, 5) is 13.3. The van der Waals surface area contributed by atoms with Crippen LogP contribution in [0.1, 0.15) is 26.3 Å². The number of carboxylic acid groups (broad SMARTS) is 1. The minimum absolute atomic E-state index is 0.565. The van der Waals surface area contributed by atoms with Crippen LogP contribution in [0.5, 0.6) is 0 Å². The molecular weight excluding hydrogens is 262 g/mol. The molecule has 1 aromatic carbocycles. The molecule has 19 heavy (non-hydrogen) atoms. The molecule has 4 heteroatoms. The van der Waals surface area contributed by atoms with Gasteiger partial charge in [0, 0.05) is 13.1 Å². The average molecular weight is 282 g/mol. The number of likely N-dealkylation sites (N-methyl/N-ethyl adjacent to an activating group) is 1. The van der Waals surface area contributed by atoms with Crippen LogP contribution in [0.15, 0.2) is 30.9 Å². The molecule has 0 spiro atoms. The van der Waals surface area contributed by atoms with E-state index in [1.165, 1.54) is 0 Å². The first-order chi connectivity index (χ1) is 8.84. The van der Waals surface area contributed by atoms with Crippen molar-refractivity contribution in [1.29, 1.82) is 0 Å². The van der Waals surface area contributed by atoms with E-state index in [0.717, 1.165) is 12.2 Å². The van der Waals surface area contributed by atoms with E-state index in [9.17, 15) is 9.90 Å². The molecule has 0 saturated carbocycles. The highest BCUT2D eigenvalue weighted by Gasteiger charge is 2.30. The molecule has 104 valence electrons. The summed E-state index contributed by atoms with van der Waals surface area (Å²) in [6.07, 6.45) is 1.81. The monoisotopic (exact) mass is 281 g/mol. The number of hydrogen-bond acceptors (Lipinski definition) is 2. The highest BCUT2D eigenvalue weighted by Crippen LogP contribution is 2.32. The molecule has 0 unspecified atom stereocenters. The smallest absolute Gasteiger partial charge is 0.313 e. The van der Waals surface area contributed by atoms with Gasteiger partial charge in [-0.1, -0.05) is 23.7 Å². The van der Waals surface area contributed by atoms with Gasteiger partial charge in [0.15, 0.2) is 0 Å². The normalized spacial score (nSPS) is 11.2. The molecule has 3 nitrogen and oxygen atoms in total. The number of carboxylic acids is 1. The van der Waals surface area contributed by atoms with Crippen molar-refractivity contribution in [3.63, 3.8) is 0 Å². The summed E-state index contributed by atoms with van der Waals surface area (Å²) in [5.74, 6) is -0.866. The van der Waals surface area contributed by atoms with Crippen LogP contribution in [0.4, 0.5) is 5.69 Å². The lowest BCUT2D eigenvalue weighted by Crippen LogP contribution is -2.29. The molecule has 1 N–H and O–H groups in total. The van der Waals surface area contributed by atoms with Crippen molar-refractivity contribution < 1.29 is 9.90 Å². The van der Waals surface area contributed by atoms with Crippen LogP contribution in [0.25, 0.3) is 0 Å². The maximum atomic E-state index is 11.2. The van der Waals surface area contributed by atoms with Gasteiger partial charge in [-0.15, -0.1) is 6.58 Å². The van der Waals surface area contributed by atoms with E-state index in [1.54, 1.807) is 19.9 Å². The minimum Gasteiger partial charge on any atom is -0.481 e. The van der Waals surface area contributed by atoms with E-state index < -0.39 is 11.4 Å². The number of hydrogen-bond donors (Lipinski definition) is 1. The maximum Gasteiger partial charge on any atom is 0.313 e. The number of aliphatic carboxylic acids is 1. The zero-order valence-electron chi connectivity index (χ0n) is 11.6. The molecule has 0 aliphatic heterocycles. The van der Waals surface area contributed by atoms with Crippen molar-refractivity contribution in [3.05, 3.63) is 41.4 Å². The molecule has 0 radical (unpaired) electrons. The summed E-state index contributed by atoms with van der Waals surface area (Å²) in [5, 5.41) is 9.79. The quantitative estimate of drug-likeness (QED) is 0.808. The summed E-state index contributed by atoms with van der Waals surface area (Å²) in [7, 11) is 0. The second-order valence-electron chi connectivity index (χ2n) is 4.92. The lowest BCUT2D eigenvalue weighted by Gasteiger charge is -2.25. The first-order valence-corrected chi connectivity index (χ1v) is 6.61. The van der Waals surface area contributed by atoms with Crippen molar-refractivity contribution in [2.75, 3.05) is 18.0 Å². The Kier molecular flexibility index (Phi) is 5.01. The maximum absolute atomic E-state index is 11.2. The Balaban J connectivity index is 3.17. The second-order valence-corrected chi connectivity index (χ2v) is 5.33. The number of anilines is 1. The molecular formula is C15H20ClNO2. The summed E-state index contributed by atoms with van der Waals surface area (Å²) in [6.45, 7) is 10.6. The first-order valence-electron chi connectivity index (χ1n) is 6.23. The van der Waals surface area contributed by atoms with E-state index in [-0.39, 0.29) is 0 Å². The van der Waals surface area contributed by atoms with Crippen LogP contribution < -0.4 is 4.90 Å². The van der Waals surface area contributed by atoms with Crippen molar-refractivity contribution in [2.45, 2.75) is 26.2 Å². The fraction of sp³-hybridized carbons (Fsp3) is 0.400. The molecule has 0 bridgehead atoms. The third-order valence-corrected chi connectivity index (χ3v) is 3.58. The van der Waals surface area contributed by atoms with Crippen LogP contribution in [-0.4, -0.2) is 24.2 Å². The number of halogens is 1. The van der Waals surface area contributed by atoms with E-state index in [2.05, 4.69) is 11.5 Å².